The molecule has 11 heteroatoms. The molecule has 2 heterocycles. The summed E-state index contributed by atoms with van der Waals surface area (Å²) in [6.07, 6.45) is -1.76. The lowest BCUT2D eigenvalue weighted by atomic mass is 10.1. The molecule has 0 aliphatic rings. The number of hydrogen-bond acceptors (Lipinski definition) is 5. The van der Waals surface area contributed by atoms with Crippen molar-refractivity contribution in [3.8, 4) is 17.1 Å². The van der Waals surface area contributed by atoms with Crippen molar-refractivity contribution in [3.05, 3.63) is 98.1 Å². The molecule has 31 heavy (non-hydrogen) atoms. The topological polar surface area (TPSA) is 82.9 Å². The molecule has 4 rings (SSSR count). The van der Waals surface area contributed by atoms with Gasteiger partial charge >= 0.3 is 17.3 Å². The van der Waals surface area contributed by atoms with Crippen LogP contribution < -0.4 is 11.1 Å². The Kier molecular flexibility index (Phi) is 5.24. The maximum atomic E-state index is 12.9. The smallest absolute Gasteiger partial charge is 0.337 e. The molecule has 7 nitrogen and oxygen atoms in total. The maximum Gasteiger partial charge on any atom is 0.416 e. The van der Waals surface area contributed by atoms with E-state index >= 15 is 0 Å². The maximum absolute atomic E-state index is 12.9. The summed E-state index contributed by atoms with van der Waals surface area (Å²) in [6.45, 7) is -0.226. The van der Waals surface area contributed by atoms with Crippen LogP contribution in [0.1, 0.15) is 11.5 Å². The number of nitrogens with zero attached hydrogens (tertiary/aromatic N) is 4. The number of rotatable bonds is 4. The van der Waals surface area contributed by atoms with Crippen LogP contribution in [0.3, 0.4) is 0 Å². The molecule has 2 aromatic heterocycles. The second-order valence-electron chi connectivity index (χ2n) is 6.48. The van der Waals surface area contributed by atoms with E-state index in [4.69, 9.17) is 16.1 Å². The summed E-state index contributed by atoms with van der Waals surface area (Å²) in [5, 5.41) is 4.07. The van der Waals surface area contributed by atoms with Gasteiger partial charge in [0.15, 0.2) is 0 Å². The Morgan fingerprint density at radius 1 is 1.00 bits per heavy atom. The van der Waals surface area contributed by atoms with Crippen LogP contribution in [0.4, 0.5) is 13.2 Å². The van der Waals surface area contributed by atoms with Crippen LogP contribution in [-0.4, -0.2) is 19.3 Å². The summed E-state index contributed by atoms with van der Waals surface area (Å²) in [7, 11) is 0. The molecule has 0 aliphatic heterocycles. The fraction of sp³-hybridized carbons (Fsp3) is 0.100. The highest BCUT2D eigenvalue weighted by atomic mass is 35.5. The Labute approximate surface area is 176 Å². The zero-order valence-corrected chi connectivity index (χ0v) is 16.3. The van der Waals surface area contributed by atoms with Crippen molar-refractivity contribution in [2.75, 3.05) is 0 Å². The quantitative estimate of drug-likeness (QED) is 0.444. The first-order chi connectivity index (χ1) is 14.7. The monoisotopic (exact) mass is 448 g/mol. The minimum Gasteiger partial charge on any atom is -0.337 e. The van der Waals surface area contributed by atoms with Gasteiger partial charge in [-0.15, -0.1) is 0 Å². The third kappa shape index (κ3) is 4.29. The van der Waals surface area contributed by atoms with E-state index in [1.807, 2.05) is 0 Å². The fourth-order valence-electron chi connectivity index (χ4n) is 2.88. The lowest BCUT2D eigenvalue weighted by Gasteiger charge is -2.07. The Hall–Kier alpha value is -3.66. The molecule has 0 saturated heterocycles. The first-order valence-corrected chi connectivity index (χ1v) is 9.18. The second-order valence-corrected chi connectivity index (χ2v) is 6.91. The molecule has 0 saturated carbocycles. The van der Waals surface area contributed by atoms with E-state index in [0.717, 1.165) is 21.3 Å². The molecule has 0 aliphatic carbocycles. The van der Waals surface area contributed by atoms with Gasteiger partial charge in [0, 0.05) is 23.0 Å². The van der Waals surface area contributed by atoms with Crippen LogP contribution in [0.5, 0.6) is 0 Å². The van der Waals surface area contributed by atoms with Crippen molar-refractivity contribution < 1.29 is 17.7 Å². The molecule has 4 aromatic rings. The van der Waals surface area contributed by atoms with E-state index in [-0.39, 0.29) is 23.8 Å². The summed E-state index contributed by atoms with van der Waals surface area (Å²) in [5.41, 5.74) is -1.99. The normalized spacial score (nSPS) is 11.6. The average Bonchev–Trinajstić information content (AvgIpc) is 3.20. The third-order valence-electron chi connectivity index (χ3n) is 4.37. The summed E-state index contributed by atoms with van der Waals surface area (Å²) in [4.78, 5) is 29.0. The van der Waals surface area contributed by atoms with Crippen molar-refractivity contribution >= 4 is 11.6 Å². The zero-order chi connectivity index (χ0) is 22.2. The summed E-state index contributed by atoms with van der Waals surface area (Å²) >= 11 is 5.92. The Morgan fingerprint density at radius 3 is 2.52 bits per heavy atom. The Morgan fingerprint density at radius 2 is 1.77 bits per heavy atom. The summed E-state index contributed by atoms with van der Waals surface area (Å²) < 4.78 is 45.9. The molecule has 0 bridgehead atoms. The van der Waals surface area contributed by atoms with Crippen LogP contribution >= 0.6 is 11.6 Å². The predicted octanol–water partition coefficient (Wildman–Crippen LogP) is 3.77. The molecule has 0 fully saturated rings. The zero-order valence-electron chi connectivity index (χ0n) is 15.5. The highest BCUT2D eigenvalue weighted by Crippen LogP contribution is 2.31. The summed E-state index contributed by atoms with van der Waals surface area (Å²) in [6, 6.07) is 10.9. The van der Waals surface area contributed by atoms with Crippen LogP contribution in [-0.2, 0) is 12.7 Å². The van der Waals surface area contributed by atoms with E-state index in [9.17, 15) is 22.8 Å². The van der Waals surface area contributed by atoms with Gasteiger partial charge in [0.1, 0.15) is 6.54 Å². The standard InChI is InChI=1S/C20H12ClF3N4O3/c21-14-5-2-6-15(10-14)28-8-7-27(18(29)19(28)30)11-16-25-17(26-31-16)12-3-1-4-13(9-12)20(22,23)24/h1-10H,11H2. The number of aromatic nitrogens is 4. The van der Waals surface area contributed by atoms with Crippen molar-refractivity contribution in [1.82, 2.24) is 19.3 Å². The number of benzene rings is 2. The van der Waals surface area contributed by atoms with Gasteiger partial charge in [-0.05, 0) is 30.3 Å². The molecule has 0 radical (unpaired) electrons. The van der Waals surface area contributed by atoms with E-state index in [1.165, 1.54) is 30.6 Å². The van der Waals surface area contributed by atoms with E-state index in [0.29, 0.717) is 10.7 Å². The van der Waals surface area contributed by atoms with Gasteiger partial charge in [0.2, 0.25) is 11.7 Å². The SMILES string of the molecule is O=c1c(=O)n(-c2cccc(Cl)c2)ccn1Cc1nc(-c2cccc(C(F)(F)F)c2)no1. The Balaban J connectivity index is 1.62. The fourth-order valence-corrected chi connectivity index (χ4v) is 3.06. The molecular weight excluding hydrogens is 437 g/mol. The first-order valence-electron chi connectivity index (χ1n) is 8.80. The van der Waals surface area contributed by atoms with Crippen LogP contribution in [0.25, 0.3) is 17.1 Å². The van der Waals surface area contributed by atoms with Gasteiger partial charge < -0.3 is 4.52 Å². The van der Waals surface area contributed by atoms with Gasteiger partial charge in [-0.2, -0.15) is 18.2 Å². The molecule has 2 aromatic carbocycles. The number of halogens is 4. The van der Waals surface area contributed by atoms with Gasteiger partial charge in [0.05, 0.1) is 11.3 Å². The highest BCUT2D eigenvalue weighted by molar-refractivity contribution is 6.30. The van der Waals surface area contributed by atoms with Crippen LogP contribution in [0.2, 0.25) is 5.02 Å². The van der Waals surface area contributed by atoms with Crippen molar-refractivity contribution in [2.24, 2.45) is 0 Å². The first kappa shape index (κ1) is 20.6. The number of alkyl halides is 3. The predicted molar refractivity (Wildman–Crippen MR) is 105 cm³/mol. The lowest BCUT2D eigenvalue weighted by molar-refractivity contribution is -0.137. The largest absolute Gasteiger partial charge is 0.416 e. The molecule has 0 N–H and O–H groups in total. The Bertz CT molecular complexity index is 1370. The molecule has 0 atom stereocenters. The molecule has 158 valence electrons. The second kappa shape index (κ2) is 7.88. The third-order valence-corrected chi connectivity index (χ3v) is 4.60. The van der Waals surface area contributed by atoms with Gasteiger partial charge in [0.25, 0.3) is 0 Å². The minimum atomic E-state index is -4.51. The van der Waals surface area contributed by atoms with Crippen LogP contribution in [0, 0.1) is 0 Å². The van der Waals surface area contributed by atoms with E-state index in [2.05, 4.69) is 10.1 Å². The minimum absolute atomic E-state index is 0.0468. The summed E-state index contributed by atoms with van der Waals surface area (Å²) in [5.74, 6) is -0.115. The molecule has 0 amide bonds. The lowest BCUT2D eigenvalue weighted by Crippen LogP contribution is -2.40. The molecule has 0 spiro atoms. The van der Waals surface area contributed by atoms with Crippen molar-refractivity contribution in [3.63, 3.8) is 0 Å². The highest BCUT2D eigenvalue weighted by Gasteiger charge is 2.30. The van der Waals surface area contributed by atoms with Crippen molar-refractivity contribution in [2.45, 2.75) is 12.7 Å². The van der Waals surface area contributed by atoms with Gasteiger partial charge in [-0.1, -0.05) is 35.0 Å². The van der Waals surface area contributed by atoms with Gasteiger partial charge in [-0.25, -0.2) is 0 Å². The average molecular weight is 449 g/mol. The van der Waals surface area contributed by atoms with Gasteiger partial charge in [-0.3, -0.25) is 18.7 Å². The number of hydrogen-bond donors (Lipinski definition) is 0. The van der Waals surface area contributed by atoms with E-state index in [1.54, 1.807) is 18.2 Å². The van der Waals surface area contributed by atoms with E-state index < -0.39 is 22.9 Å². The molecule has 0 unspecified atom stereocenters. The molecular formula is C20H12ClF3N4O3. The van der Waals surface area contributed by atoms with Crippen LogP contribution in [0.15, 0.2) is 75.0 Å². The van der Waals surface area contributed by atoms with Crippen molar-refractivity contribution in [1.29, 1.82) is 0 Å².